The lowest BCUT2D eigenvalue weighted by atomic mass is 10.4. The minimum Gasteiger partial charge on any atom is -0.373 e. The average molecular weight is 134 g/mol. The Labute approximate surface area is 60.4 Å². The van der Waals surface area contributed by atoms with Crippen LogP contribution in [-0.4, -0.2) is 16.5 Å². The van der Waals surface area contributed by atoms with E-state index in [1.54, 1.807) is 0 Å². The first-order valence-electron chi connectivity index (χ1n) is 3.40. The highest BCUT2D eigenvalue weighted by atomic mass is 15.1. The number of nitrogens with zero attached hydrogens (tertiary/aromatic N) is 2. The summed E-state index contributed by atoms with van der Waals surface area (Å²) >= 11 is 0. The zero-order valence-corrected chi connectivity index (χ0v) is 5.99. The minimum atomic E-state index is 1.02. The van der Waals surface area contributed by atoms with Gasteiger partial charge >= 0.3 is 0 Å². The molecule has 0 saturated carbocycles. The van der Waals surface area contributed by atoms with E-state index in [-0.39, 0.29) is 0 Å². The highest BCUT2D eigenvalue weighted by Gasteiger charge is 2.03. The maximum absolute atomic E-state index is 2.16. The van der Waals surface area contributed by atoms with Gasteiger partial charge in [-0.3, -0.25) is 0 Å². The molecule has 0 spiro atoms. The molecular weight excluding hydrogens is 124 g/mol. The van der Waals surface area contributed by atoms with Crippen molar-refractivity contribution >= 4 is 6.20 Å². The van der Waals surface area contributed by atoms with Gasteiger partial charge in [-0.15, -0.1) is 0 Å². The molecule has 2 heteroatoms. The molecule has 1 aliphatic heterocycles. The molecule has 0 amide bonds. The van der Waals surface area contributed by atoms with Crippen molar-refractivity contribution in [2.75, 3.05) is 7.05 Å². The molecule has 0 saturated heterocycles. The summed E-state index contributed by atoms with van der Waals surface area (Å²) in [7, 11) is 2.08. The van der Waals surface area contributed by atoms with Gasteiger partial charge in [0.25, 0.3) is 0 Å². The van der Waals surface area contributed by atoms with Crippen LogP contribution in [0.25, 0.3) is 6.20 Å². The van der Waals surface area contributed by atoms with Crippen molar-refractivity contribution in [3.05, 3.63) is 30.2 Å². The normalized spacial score (nSPS) is 15.5. The number of aromatic nitrogens is 1. The molecule has 10 heavy (non-hydrogen) atoms. The van der Waals surface area contributed by atoms with Gasteiger partial charge in [-0.25, -0.2) is 0 Å². The van der Waals surface area contributed by atoms with Crippen LogP contribution < -0.4 is 0 Å². The minimum absolute atomic E-state index is 1.02. The summed E-state index contributed by atoms with van der Waals surface area (Å²) in [5.74, 6) is 0. The van der Waals surface area contributed by atoms with Gasteiger partial charge in [0, 0.05) is 31.3 Å². The zero-order valence-electron chi connectivity index (χ0n) is 5.99. The Morgan fingerprint density at radius 2 is 2.30 bits per heavy atom. The maximum Gasteiger partial charge on any atom is 0.0577 e. The fraction of sp³-hybridized carbons (Fsp3) is 0.250. The molecule has 0 bridgehead atoms. The SMILES string of the molecule is CN1C=Cn2cccc2C1. The third-order valence-electron chi connectivity index (χ3n) is 1.76. The molecule has 0 radical (unpaired) electrons. The van der Waals surface area contributed by atoms with E-state index in [2.05, 4.69) is 47.2 Å². The van der Waals surface area contributed by atoms with E-state index < -0.39 is 0 Å². The molecule has 0 unspecified atom stereocenters. The van der Waals surface area contributed by atoms with Gasteiger partial charge in [-0.2, -0.15) is 0 Å². The van der Waals surface area contributed by atoms with Gasteiger partial charge in [0.15, 0.2) is 0 Å². The number of fused-ring (bicyclic) bond motifs is 1. The Balaban J connectivity index is 2.43. The van der Waals surface area contributed by atoms with Crippen molar-refractivity contribution in [3.8, 4) is 0 Å². The van der Waals surface area contributed by atoms with E-state index in [9.17, 15) is 0 Å². The first kappa shape index (κ1) is 5.59. The number of hydrogen-bond acceptors (Lipinski definition) is 1. The highest BCUT2D eigenvalue weighted by molar-refractivity contribution is 5.30. The summed E-state index contributed by atoms with van der Waals surface area (Å²) < 4.78 is 2.14. The molecule has 0 fully saturated rings. The molecule has 1 aromatic heterocycles. The molecule has 0 aromatic carbocycles. The predicted octanol–water partition coefficient (Wildman–Crippen LogP) is 1.36. The maximum atomic E-state index is 2.16. The second-order valence-electron chi connectivity index (χ2n) is 2.62. The van der Waals surface area contributed by atoms with Crippen LogP contribution in [0, 0.1) is 0 Å². The van der Waals surface area contributed by atoms with E-state index >= 15 is 0 Å². The number of hydrogen-bond donors (Lipinski definition) is 0. The molecule has 1 aromatic rings. The van der Waals surface area contributed by atoms with Crippen molar-refractivity contribution in [1.29, 1.82) is 0 Å². The molecule has 0 aliphatic carbocycles. The Bertz CT molecular complexity index is 260. The summed E-state index contributed by atoms with van der Waals surface area (Å²) in [5.41, 5.74) is 1.35. The van der Waals surface area contributed by atoms with Crippen LogP contribution in [0.1, 0.15) is 5.69 Å². The summed E-state index contributed by atoms with van der Waals surface area (Å²) in [6, 6.07) is 4.21. The first-order chi connectivity index (χ1) is 4.86. The van der Waals surface area contributed by atoms with Gasteiger partial charge in [0.2, 0.25) is 0 Å². The van der Waals surface area contributed by atoms with Gasteiger partial charge < -0.3 is 9.47 Å². The topological polar surface area (TPSA) is 8.17 Å². The van der Waals surface area contributed by atoms with E-state index in [1.807, 2.05) is 0 Å². The molecule has 0 N–H and O–H groups in total. The third kappa shape index (κ3) is 0.727. The van der Waals surface area contributed by atoms with Gasteiger partial charge in [0.1, 0.15) is 0 Å². The third-order valence-corrected chi connectivity index (χ3v) is 1.76. The van der Waals surface area contributed by atoms with Crippen molar-refractivity contribution in [2.45, 2.75) is 6.54 Å². The van der Waals surface area contributed by atoms with Crippen molar-refractivity contribution in [1.82, 2.24) is 9.47 Å². The van der Waals surface area contributed by atoms with E-state index in [0.29, 0.717) is 0 Å². The number of rotatable bonds is 0. The van der Waals surface area contributed by atoms with Gasteiger partial charge in [-0.05, 0) is 12.1 Å². The fourth-order valence-electron chi connectivity index (χ4n) is 1.20. The zero-order chi connectivity index (χ0) is 6.97. The molecule has 52 valence electrons. The summed E-state index contributed by atoms with van der Waals surface area (Å²) in [5, 5.41) is 0. The Kier molecular flexibility index (Phi) is 1.07. The fourth-order valence-corrected chi connectivity index (χ4v) is 1.20. The van der Waals surface area contributed by atoms with Crippen LogP contribution in [-0.2, 0) is 6.54 Å². The lowest BCUT2D eigenvalue weighted by molar-refractivity contribution is 0.432. The molecule has 2 rings (SSSR count). The van der Waals surface area contributed by atoms with Crippen LogP contribution in [0.4, 0.5) is 0 Å². The van der Waals surface area contributed by atoms with Crippen LogP contribution in [0.5, 0.6) is 0 Å². The molecule has 1 aliphatic rings. The molecule has 2 nitrogen and oxygen atoms in total. The van der Waals surface area contributed by atoms with Crippen LogP contribution in [0.2, 0.25) is 0 Å². The molecular formula is C8H10N2. The van der Waals surface area contributed by atoms with E-state index in [4.69, 9.17) is 0 Å². The molecule has 0 atom stereocenters. The predicted molar refractivity (Wildman–Crippen MR) is 41.2 cm³/mol. The van der Waals surface area contributed by atoms with E-state index in [1.165, 1.54) is 5.69 Å². The lowest BCUT2D eigenvalue weighted by Gasteiger charge is -2.19. The summed E-state index contributed by atoms with van der Waals surface area (Å²) in [4.78, 5) is 2.16. The van der Waals surface area contributed by atoms with E-state index in [0.717, 1.165) is 6.54 Å². The Morgan fingerprint density at radius 1 is 1.40 bits per heavy atom. The monoisotopic (exact) mass is 134 g/mol. The quantitative estimate of drug-likeness (QED) is 0.520. The lowest BCUT2D eigenvalue weighted by Crippen LogP contribution is -2.16. The standard InChI is InChI=1S/C8H10N2/c1-9-5-6-10-4-2-3-8(10)7-9/h2-6H,7H2,1H3. The van der Waals surface area contributed by atoms with Crippen molar-refractivity contribution < 1.29 is 0 Å². The van der Waals surface area contributed by atoms with Gasteiger partial charge in [0.05, 0.1) is 6.54 Å². The van der Waals surface area contributed by atoms with Gasteiger partial charge in [-0.1, -0.05) is 0 Å². The second kappa shape index (κ2) is 1.90. The second-order valence-corrected chi connectivity index (χ2v) is 2.62. The van der Waals surface area contributed by atoms with Crippen LogP contribution in [0.15, 0.2) is 24.5 Å². The van der Waals surface area contributed by atoms with Crippen molar-refractivity contribution in [2.24, 2.45) is 0 Å². The highest BCUT2D eigenvalue weighted by Crippen LogP contribution is 2.10. The first-order valence-corrected chi connectivity index (χ1v) is 3.40. The largest absolute Gasteiger partial charge is 0.373 e. The smallest absolute Gasteiger partial charge is 0.0577 e. The summed E-state index contributed by atoms with van der Waals surface area (Å²) in [6.45, 7) is 1.02. The Morgan fingerprint density at radius 3 is 3.20 bits per heavy atom. The van der Waals surface area contributed by atoms with Crippen LogP contribution in [0.3, 0.4) is 0 Å². The summed E-state index contributed by atoms with van der Waals surface area (Å²) in [6.07, 6.45) is 6.21. The molecule has 2 heterocycles. The Hall–Kier alpha value is -1.18. The average Bonchev–Trinajstić information content (AvgIpc) is 2.33. The van der Waals surface area contributed by atoms with Crippen LogP contribution >= 0.6 is 0 Å². The van der Waals surface area contributed by atoms with Crippen molar-refractivity contribution in [3.63, 3.8) is 0 Å².